The Morgan fingerprint density at radius 3 is 2.81 bits per heavy atom. The van der Waals surface area contributed by atoms with Gasteiger partial charge in [-0.05, 0) is 38.1 Å². The highest BCUT2D eigenvalue weighted by molar-refractivity contribution is 7.14. The maximum absolute atomic E-state index is 4.29. The van der Waals surface area contributed by atoms with Crippen molar-refractivity contribution in [2.24, 2.45) is 5.10 Å². The van der Waals surface area contributed by atoms with Crippen molar-refractivity contribution in [2.45, 2.75) is 13.8 Å². The first-order valence-electron chi connectivity index (χ1n) is 5.04. The topological polar surface area (TPSA) is 37.3 Å². The van der Waals surface area contributed by atoms with Crippen LogP contribution in [0.4, 0.5) is 5.82 Å². The zero-order valence-corrected chi connectivity index (χ0v) is 10.1. The first-order chi connectivity index (χ1) is 7.75. The molecular formula is C12H13N3S. The van der Waals surface area contributed by atoms with Crippen LogP contribution in [0.3, 0.4) is 0 Å². The van der Waals surface area contributed by atoms with Gasteiger partial charge in [-0.25, -0.2) is 4.98 Å². The highest BCUT2D eigenvalue weighted by Crippen LogP contribution is 2.16. The second kappa shape index (κ2) is 4.90. The van der Waals surface area contributed by atoms with Gasteiger partial charge >= 0.3 is 0 Å². The minimum Gasteiger partial charge on any atom is -0.261 e. The van der Waals surface area contributed by atoms with Gasteiger partial charge in [-0.1, -0.05) is 6.07 Å². The quantitative estimate of drug-likeness (QED) is 0.650. The summed E-state index contributed by atoms with van der Waals surface area (Å²) in [4.78, 5) is 6.61. The average molecular weight is 231 g/mol. The molecule has 82 valence electrons. The van der Waals surface area contributed by atoms with Crippen molar-refractivity contribution < 1.29 is 0 Å². The summed E-state index contributed by atoms with van der Waals surface area (Å²) >= 11 is 1.74. The molecule has 4 heteroatoms. The fourth-order valence-electron chi connectivity index (χ4n) is 1.25. The van der Waals surface area contributed by atoms with Crippen LogP contribution in [0.1, 0.15) is 16.7 Å². The lowest BCUT2D eigenvalue weighted by Crippen LogP contribution is -1.98. The molecule has 0 saturated heterocycles. The molecule has 0 bridgehead atoms. The molecule has 0 atom stereocenters. The number of aromatic nitrogens is 1. The van der Waals surface area contributed by atoms with E-state index in [4.69, 9.17) is 0 Å². The summed E-state index contributed by atoms with van der Waals surface area (Å²) in [5.74, 6) is 0.759. The summed E-state index contributed by atoms with van der Waals surface area (Å²) in [6, 6.07) is 9.87. The van der Waals surface area contributed by atoms with E-state index in [2.05, 4.69) is 34.6 Å². The van der Waals surface area contributed by atoms with Gasteiger partial charge in [0.1, 0.15) is 5.82 Å². The molecule has 0 unspecified atom stereocenters. The highest BCUT2D eigenvalue weighted by atomic mass is 32.1. The summed E-state index contributed by atoms with van der Waals surface area (Å²) in [6.45, 7) is 4.08. The van der Waals surface area contributed by atoms with Crippen LogP contribution in [0.25, 0.3) is 0 Å². The van der Waals surface area contributed by atoms with E-state index in [9.17, 15) is 0 Å². The summed E-state index contributed by atoms with van der Waals surface area (Å²) in [7, 11) is 0. The minimum absolute atomic E-state index is 0.759. The van der Waals surface area contributed by atoms with Crippen molar-refractivity contribution >= 4 is 22.9 Å². The van der Waals surface area contributed by atoms with Crippen LogP contribution in [0.15, 0.2) is 41.6 Å². The molecule has 2 heterocycles. The Morgan fingerprint density at radius 2 is 2.19 bits per heavy atom. The number of nitrogens with one attached hydrogen (secondary N) is 1. The second-order valence-electron chi connectivity index (χ2n) is 3.43. The number of aryl methyl sites for hydroxylation is 1. The third-order valence-corrected chi connectivity index (χ3v) is 3.21. The van der Waals surface area contributed by atoms with Gasteiger partial charge in [0, 0.05) is 11.1 Å². The van der Waals surface area contributed by atoms with E-state index in [0.717, 1.165) is 11.5 Å². The molecule has 0 aromatic carbocycles. The third-order valence-electron chi connectivity index (χ3n) is 2.10. The summed E-state index contributed by atoms with van der Waals surface area (Å²) in [6.07, 6.45) is 1.74. The van der Waals surface area contributed by atoms with Crippen molar-refractivity contribution in [2.75, 3.05) is 5.43 Å². The van der Waals surface area contributed by atoms with Crippen LogP contribution in [0, 0.1) is 6.92 Å². The van der Waals surface area contributed by atoms with Crippen LogP contribution in [0.5, 0.6) is 0 Å². The van der Waals surface area contributed by atoms with Gasteiger partial charge in [-0.3, -0.25) is 5.43 Å². The Kier molecular flexibility index (Phi) is 3.31. The molecule has 0 radical (unpaired) electrons. The largest absolute Gasteiger partial charge is 0.261 e. The molecule has 2 rings (SSSR count). The van der Waals surface area contributed by atoms with Crippen LogP contribution in [-0.4, -0.2) is 10.7 Å². The summed E-state index contributed by atoms with van der Waals surface area (Å²) in [5.41, 5.74) is 3.91. The SMILES string of the molecule is C/C(=N/Nc1ccccn1)c1ccc(C)s1. The van der Waals surface area contributed by atoms with E-state index in [0.29, 0.717) is 0 Å². The van der Waals surface area contributed by atoms with Crippen molar-refractivity contribution in [3.8, 4) is 0 Å². The van der Waals surface area contributed by atoms with Gasteiger partial charge in [0.2, 0.25) is 0 Å². The Hall–Kier alpha value is -1.68. The number of hydrazone groups is 1. The fourth-order valence-corrected chi connectivity index (χ4v) is 2.07. The van der Waals surface area contributed by atoms with E-state index in [1.165, 1.54) is 9.75 Å². The molecule has 3 nitrogen and oxygen atoms in total. The number of hydrogen-bond acceptors (Lipinski definition) is 4. The van der Waals surface area contributed by atoms with Crippen molar-refractivity contribution in [1.82, 2.24) is 4.98 Å². The zero-order valence-electron chi connectivity index (χ0n) is 9.27. The predicted octanol–water partition coefficient (Wildman–Crippen LogP) is 3.29. The number of thiophene rings is 1. The van der Waals surface area contributed by atoms with Gasteiger partial charge in [-0.2, -0.15) is 5.10 Å². The lowest BCUT2D eigenvalue weighted by atomic mass is 10.3. The number of anilines is 1. The number of pyridine rings is 1. The predicted molar refractivity (Wildman–Crippen MR) is 69.1 cm³/mol. The van der Waals surface area contributed by atoms with E-state index in [1.807, 2.05) is 25.1 Å². The summed E-state index contributed by atoms with van der Waals surface area (Å²) in [5, 5.41) is 4.29. The van der Waals surface area contributed by atoms with Crippen LogP contribution >= 0.6 is 11.3 Å². The van der Waals surface area contributed by atoms with Gasteiger partial charge in [-0.15, -0.1) is 11.3 Å². The standard InChI is InChI=1S/C12H13N3S/c1-9-6-7-11(16-9)10(2)14-15-12-5-3-4-8-13-12/h3-8H,1-2H3,(H,13,15)/b14-10-. The third kappa shape index (κ3) is 2.67. The Morgan fingerprint density at radius 1 is 1.31 bits per heavy atom. The fraction of sp³-hybridized carbons (Fsp3) is 0.167. The van der Waals surface area contributed by atoms with E-state index in [1.54, 1.807) is 17.5 Å². The summed E-state index contributed by atoms with van der Waals surface area (Å²) < 4.78 is 0. The van der Waals surface area contributed by atoms with E-state index in [-0.39, 0.29) is 0 Å². The number of nitrogens with zero attached hydrogens (tertiary/aromatic N) is 2. The monoisotopic (exact) mass is 231 g/mol. The maximum Gasteiger partial charge on any atom is 0.146 e. The molecule has 0 saturated carbocycles. The molecule has 1 N–H and O–H groups in total. The normalized spacial score (nSPS) is 11.5. The molecule has 2 aromatic rings. The van der Waals surface area contributed by atoms with E-state index >= 15 is 0 Å². The molecule has 0 fully saturated rings. The smallest absolute Gasteiger partial charge is 0.146 e. The first kappa shape index (κ1) is 10.8. The Balaban J connectivity index is 2.08. The van der Waals surface area contributed by atoms with Crippen LogP contribution < -0.4 is 5.43 Å². The van der Waals surface area contributed by atoms with Crippen LogP contribution in [-0.2, 0) is 0 Å². The van der Waals surface area contributed by atoms with Crippen LogP contribution in [0.2, 0.25) is 0 Å². The Bertz CT molecular complexity index is 488. The van der Waals surface area contributed by atoms with Gasteiger partial charge in [0.25, 0.3) is 0 Å². The average Bonchev–Trinajstić information content (AvgIpc) is 2.74. The highest BCUT2D eigenvalue weighted by Gasteiger charge is 2.00. The van der Waals surface area contributed by atoms with E-state index < -0.39 is 0 Å². The van der Waals surface area contributed by atoms with Gasteiger partial charge < -0.3 is 0 Å². The number of rotatable bonds is 3. The molecule has 0 aliphatic rings. The molecule has 0 aliphatic heterocycles. The molecule has 2 aromatic heterocycles. The molecule has 0 spiro atoms. The van der Waals surface area contributed by atoms with Gasteiger partial charge in [0.15, 0.2) is 0 Å². The van der Waals surface area contributed by atoms with Crippen molar-refractivity contribution in [3.05, 3.63) is 46.3 Å². The first-order valence-corrected chi connectivity index (χ1v) is 5.85. The minimum atomic E-state index is 0.759. The number of hydrogen-bond donors (Lipinski definition) is 1. The van der Waals surface area contributed by atoms with Crippen molar-refractivity contribution in [3.63, 3.8) is 0 Å². The zero-order chi connectivity index (χ0) is 11.4. The molecule has 16 heavy (non-hydrogen) atoms. The maximum atomic E-state index is 4.29. The molecule has 0 amide bonds. The molecular weight excluding hydrogens is 218 g/mol. The van der Waals surface area contributed by atoms with Crippen molar-refractivity contribution in [1.29, 1.82) is 0 Å². The van der Waals surface area contributed by atoms with Gasteiger partial charge in [0.05, 0.1) is 10.6 Å². The second-order valence-corrected chi connectivity index (χ2v) is 4.72. The Labute approximate surface area is 98.9 Å². The lowest BCUT2D eigenvalue weighted by molar-refractivity contribution is 1.22. The lowest BCUT2D eigenvalue weighted by Gasteiger charge is -2.00. The molecule has 0 aliphatic carbocycles.